The van der Waals surface area contributed by atoms with E-state index in [0.29, 0.717) is 0 Å². The predicted octanol–water partition coefficient (Wildman–Crippen LogP) is 4.40. The number of hydrogen-bond donors (Lipinski definition) is 1. The minimum atomic E-state index is 0.215. The molecule has 4 aromatic rings. The van der Waals surface area contributed by atoms with Gasteiger partial charge < -0.3 is 14.0 Å². The Balaban J connectivity index is 1.59. The average Bonchev–Trinajstić information content (AvgIpc) is 3.38. The van der Waals surface area contributed by atoms with Crippen LogP contribution in [0.5, 0.6) is 0 Å². The summed E-state index contributed by atoms with van der Waals surface area (Å²) < 4.78 is 7.85. The van der Waals surface area contributed by atoms with Crippen LogP contribution in [0.1, 0.15) is 29.4 Å². The molecule has 0 fully saturated rings. The quantitative estimate of drug-likeness (QED) is 0.569. The molecule has 1 N–H and O–H groups in total. The lowest BCUT2D eigenvalue weighted by Gasteiger charge is -2.16. The molecule has 3 heterocycles. The third-order valence-electron chi connectivity index (χ3n) is 4.50. The summed E-state index contributed by atoms with van der Waals surface area (Å²) in [5.41, 5.74) is 3.19. The predicted molar refractivity (Wildman–Crippen MR) is 96.2 cm³/mol. The molecule has 5 heteroatoms. The van der Waals surface area contributed by atoms with Crippen molar-refractivity contribution in [2.24, 2.45) is 0 Å². The number of aromatic amines is 1. The van der Waals surface area contributed by atoms with Crippen LogP contribution in [-0.2, 0) is 6.54 Å². The Morgan fingerprint density at radius 3 is 2.72 bits per heavy atom. The third-order valence-corrected chi connectivity index (χ3v) is 4.50. The third kappa shape index (κ3) is 3.13. The zero-order valence-corrected chi connectivity index (χ0v) is 14.1. The van der Waals surface area contributed by atoms with Gasteiger partial charge in [-0.15, -0.1) is 0 Å². The van der Waals surface area contributed by atoms with Crippen LogP contribution < -0.4 is 0 Å². The molecule has 0 amide bonds. The molecule has 0 aliphatic rings. The van der Waals surface area contributed by atoms with Gasteiger partial charge in [0.1, 0.15) is 11.5 Å². The molecule has 1 unspecified atom stereocenters. The molecular weight excluding hydrogens is 312 g/mol. The summed E-state index contributed by atoms with van der Waals surface area (Å²) in [6.45, 7) is 2.85. The van der Waals surface area contributed by atoms with E-state index >= 15 is 0 Å². The van der Waals surface area contributed by atoms with Gasteiger partial charge >= 0.3 is 0 Å². The highest BCUT2D eigenvalue weighted by Gasteiger charge is 2.18. The van der Waals surface area contributed by atoms with Gasteiger partial charge in [0.15, 0.2) is 5.82 Å². The van der Waals surface area contributed by atoms with Gasteiger partial charge in [0.2, 0.25) is 0 Å². The zero-order chi connectivity index (χ0) is 17.1. The Kier molecular flexibility index (Phi) is 4.21. The summed E-state index contributed by atoms with van der Waals surface area (Å²) in [6, 6.07) is 14.5. The maximum absolute atomic E-state index is 5.70. The molecule has 0 aliphatic heterocycles. The van der Waals surface area contributed by atoms with Crippen LogP contribution in [-0.4, -0.2) is 19.5 Å². The summed E-state index contributed by atoms with van der Waals surface area (Å²) in [5, 5.41) is 0. The second-order valence-electron chi connectivity index (χ2n) is 6.09. The van der Waals surface area contributed by atoms with Gasteiger partial charge in [-0.2, -0.15) is 0 Å². The number of aryl methyl sites for hydroxylation is 2. The standard InChI is InChI=1S/C20H20N4O/c1-15-19(23-14-22-15)20-21-10-12-24(20)11-9-17(18-8-5-13-25-18)16-6-3-2-4-7-16/h2-8,10,12-14,17H,9,11H2,1H3,(H,22,23). The van der Waals surface area contributed by atoms with Crippen molar-refractivity contribution < 1.29 is 4.42 Å². The molecule has 0 bridgehead atoms. The van der Waals surface area contributed by atoms with Gasteiger partial charge in [-0.05, 0) is 31.0 Å². The number of H-pyrrole nitrogens is 1. The first-order valence-corrected chi connectivity index (χ1v) is 8.43. The van der Waals surface area contributed by atoms with E-state index in [2.05, 4.69) is 43.8 Å². The first-order valence-electron chi connectivity index (χ1n) is 8.43. The first kappa shape index (κ1) is 15.4. The minimum Gasteiger partial charge on any atom is -0.469 e. The second kappa shape index (κ2) is 6.81. The molecule has 0 saturated carbocycles. The van der Waals surface area contributed by atoms with Crippen LogP contribution in [0, 0.1) is 6.92 Å². The lowest BCUT2D eigenvalue weighted by Crippen LogP contribution is -2.07. The van der Waals surface area contributed by atoms with Gasteiger partial charge in [-0.1, -0.05) is 30.3 Å². The normalized spacial score (nSPS) is 12.4. The highest BCUT2D eigenvalue weighted by atomic mass is 16.3. The number of aromatic nitrogens is 4. The van der Waals surface area contributed by atoms with E-state index in [-0.39, 0.29) is 5.92 Å². The highest BCUT2D eigenvalue weighted by molar-refractivity contribution is 5.52. The van der Waals surface area contributed by atoms with Gasteiger partial charge in [-0.3, -0.25) is 0 Å². The van der Waals surface area contributed by atoms with Crippen molar-refractivity contribution in [3.63, 3.8) is 0 Å². The lowest BCUT2D eigenvalue weighted by molar-refractivity contribution is 0.459. The van der Waals surface area contributed by atoms with E-state index < -0.39 is 0 Å². The molecule has 1 aromatic carbocycles. The number of nitrogens with zero attached hydrogens (tertiary/aromatic N) is 3. The second-order valence-corrected chi connectivity index (χ2v) is 6.09. The monoisotopic (exact) mass is 332 g/mol. The maximum atomic E-state index is 5.70. The van der Waals surface area contributed by atoms with Crippen molar-refractivity contribution in [3.05, 3.63) is 84.5 Å². The zero-order valence-electron chi connectivity index (χ0n) is 14.1. The molecule has 126 valence electrons. The molecule has 5 nitrogen and oxygen atoms in total. The largest absolute Gasteiger partial charge is 0.469 e. The molecular formula is C20H20N4O. The number of benzene rings is 1. The number of rotatable bonds is 6. The van der Waals surface area contributed by atoms with Crippen molar-refractivity contribution >= 4 is 0 Å². The Bertz CT molecular complexity index is 922. The van der Waals surface area contributed by atoms with Crippen molar-refractivity contribution in [2.45, 2.75) is 25.8 Å². The number of hydrogen-bond acceptors (Lipinski definition) is 3. The van der Waals surface area contributed by atoms with Crippen LogP contribution in [0.3, 0.4) is 0 Å². The van der Waals surface area contributed by atoms with Gasteiger partial charge in [0.05, 0.1) is 12.6 Å². The molecule has 4 rings (SSSR count). The number of furan rings is 1. The summed E-state index contributed by atoms with van der Waals surface area (Å²) >= 11 is 0. The topological polar surface area (TPSA) is 59.6 Å². The van der Waals surface area contributed by atoms with Crippen molar-refractivity contribution in [2.75, 3.05) is 0 Å². The molecule has 25 heavy (non-hydrogen) atoms. The van der Waals surface area contributed by atoms with Crippen LogP contribution in [0.25, 0.3) is 11.5 Å². The summed E-state index contributed by atoms with van der Waals surface area (Å²) in [5.74, 6) is 2.10. The number of imidazole rings is 2. The van der Waals surface area contributed by atoms with Crippen molar-refractivity contribution in [1.82, 2.24) is 19.5 Å². The number of nitrogens with one attached hydrogen (secondary N) is 1. The van der Waals surface area contributed by atoms with Crippen LogP contribution in [0.15, 0.2) is 71.9 Å². The van der Waals surface area contributed by atoms with E-state index in [1.807, 2.05) is 37.5 Å². The van der Waals surface area contributed by atoms with E-state index in [9.17, 15) is 0 Å². The molecule has 1 atom stereocenters. The Morgan fingerprint density at radius 2 is 2.00 bits per heavy atom. The fourth-order valence-electron chi connectivity index (χ4n) is 3.21. The van der Waals surface area contributed by atoms with E-state index in [1.165, 1.54) is 5.56 Å². The van der Waals surface area contributed by atoms with E-state index in [1.54, 1.807) is 12.6 Å². The van der Waals surface area contributed by atoms with Crippen LogP contribution >= 0.6 is 0 Å². The van der Waals surface area contributed by atoms with Crippen molar-refractivity contribution in [3.8, 4) is 11.5 Å². The lowest BCUT2D eigenvalue weighted by atomic mass is 9.93. The van der Waals surface area contributed by atoms with Crippen molar-refractivity contribution in [1.29, 1.82) is 0 Å². The minimum absolute atomic E-state index is 0.215. The highest BCUT2D eigenvalue weighted by Crippen LogP contribution is 2.29. The Labute approximate surface area is 146 Å². The van der Waals surface area contributed by atoms with Crippen LogP contribution in [0.2, 0.25) is 0 Å². The smallest absolute Gasteiger partial charge is 0.160 e. The SMILES string of the molecule is Cc1[nH]cnc1-c1nccn1CCC(c1ccccc1)c1ccco1. The Hall–Kier alpha value is -3.08. The first-order chi connectivity index (χ1) is 12.3. The van der Waals surface area contributed by atoms with Gasteiger partial charge in [0, 0.05) is 30.6 Å². The fraction of sp³-hybridized carbons (Fsp3) is 0.200. The van der Waals surface area contributed by atoms with E-state index in [0.717, 1.165) is 35.9 Å². The molecule has 3 aromatic heterocycles. The molecule has 0 aliphatic carbocycles. The Morgan fingerprint density at radius 1 is 1.12 bits per heavy atom. The van der Waals surface area contributed by atoms with Gasteiger partial charge in [-0.25, -0.2) is 9.97 Å². The maximum Gasteiger partial charge on any atom is 0.160 e. The molecule has 0 saturated heterocycles. The summed E-state index contributed by atoms with van der Waals surface area (Å²) in [4.78, 5) is 12.0. The summed E-state index contributed by atoms with van der Waals surface area (Å²) in [7, 11) is 0. The fourth-order valence-corrected chi connectivity index (χ4v) is 3.21. The molecule has 0 spiro atoms. The average molecular weight is 332 g/mol. The van der Waals surface area contributed by atoms with E-state index in [4.69, 9.17) is 4.42 Å². The molecule has 0 radical (unpaired) electrons. The van der Waals surface area contributed by atoms with Gasteiger partial charge in [0.25, 0.3) is 0 Å². The van der Waals surface area contributed by atoms with Crippen LogP contribution in [0.4, 0.5) is 0 Å². The summed E-state index contributed by atoms with van der Waals surface area (Å²) in [6.07, 6.45) is 8.20.